The van der Waals surface area contributed by atoms with Gasteiger partial charge in [0.25, 0.3) is 11.5 Å². The molecule has 1 amide bonds. The van der Waals surface area contributed by atoms with Gasteiger partial charge in [0.1, 0.15) is 11.2 Å². The van der Waals surface area contributed by atoms with Crippen LogP contribution in [0.3, 0.4) is 0 Å². The van der Waals surface area contributed by atoms with E-state index >= 15 is 0 Å². The standard InChI is InChI=1S/C25H25BrN4O3/c1-2-21(29(14-13-27)24(31)18-8-10-19(26)11-9-18)22-28-23-20(12-15-33-23)25(32)30(22)16-17-6-4-3-5-7-17/h3-12,15,21H,2,13-14,16,27H2,1H3. The number of carbonyl (C=O) groups excluding carboxylic acids is 1. The van der Waals surface area contributed by atoms with Crippen molar-refractivity contribution in [1.82, 2.24) is 14.5 Å². The van der Waals surface area contributed by atoms with Crippen LogP contribution in [0.4, 0.5) is 0 Å². The lowest BCUT2D eigenvalue weighted by atomic mass is 10.1. The van der Waals surface area contributed by atoms with Crippen LogP contribution in [-0.4, -0.2) is 33.4 Å². The maximum absolute atomic E-state index is 13.5. The molecule has 8 heteroatoms. The average Bonchev–Trinajstić information content (AvgIpc) is 3.31. The molecule has 0 aliphatic rings. The summed E-state index contributed by atoms with van der Waals surface area (Å²) < 4.78 is 8.01. The lowest BCUT2D eigenvalue weighted by molar-refractivity contribution is 0.0664. The summed E-state index contributed by atoms with van der Waals surface area (Å²) in [5.41, 5.74) is 7.47. The summed E-state index contributed by atoms with van der Waals surface area (Å²) in [5.74, 6) is 0.313. The van der Waals surface area contributed by atoms with Crippen LogP contribution in [0.15, 0.2) is 80.6 Å². The van der Waals surface area contributed by atoms with Crippen molar-refractivity contribution in [1.29, 1.82) is 0 Å². The van der Waals surface area contributed by atoms with E-state index in [4.69, 9.17) is 15.1 Å². The van der Waals surface area contributed by atoms with E-state index in [2.05, 4.69) is 15.9 Å². The number of benzene rings is 2. The van der Waals surface area contributed by atoms with Gasteiger partial charge in [-0.25, -0.2) is 0 Å². The highest BCUT2D eigenvalue weighted by Crippen LogP contribution is 2.26. The molecule has 0 aliphatic heterocycles. The van der Waals surface area contributed by atoms with Gasteiger partial charge in [-0.15, -0.1) is 0 Å². The zero-order valence-electron chi connectivity index (χ0n) is 18.3. The van der Waals surface area contributed by atoms with E-state index < -0.39 is 6.04 Å². The molecule has 0 bridgehead atoms. The van der Waals surface area contributed by atoms with E-state index in [1.807, 2.05) is 49.4 Å². The number of hydrogen-bond donors (Lipinski definition) is 1. The third-order valence-electron chi connectivity index (χ3n) is 5.58. The molecule has 1 atom stereocenters. The second-order valence-electron chi connectivity index (χ2n) is 7.70. The summed E-state index contributed by atoms with van der Waals surface area (Å²) >= 11 is 3.41. The number of nitrogens with two attached hydrogens (primary N) is 1. The SMILES string of the molecule is CCC(c1nc2occc2c(=O)n1Cc1ccccc1)N(CCN)C(=O)c1ccc(Br)cc1. The van der Waals surface area contributed by atoms with Crippen molar-refractivity contribution in [2.45, 2.75) is 25.9 Å². The molecule has 4 aromatic rings. The highest BCUT2D eigenvalue weighted by Gasteiger charge is 2.29. The second-order valence-corrected chi connectivity index (χ2v) is 8.62. The summed E-state index contributed by atoms with van der Waals surface area (Å²) in [4.78, 5) is 33.3. The van der Waals surface area contributed by atoms with Gasteiger partial charge < -0.3 is 15.1 Å². The van der Waals surface area contributed by atoms with Crippen molar-refractivity contribution in [2.75, 3.05) is 13.1 Å². The van der Waals surface area contributed by atoms with Gasteiger partial charge in [0.15, 0.2) is 0 Å². The van der Waals surface area contributed by atoms with Crippen LogP contribution < -0.4 is 11.3 Å². The first-order valence-electron chi connectivity index (χ1n) is 10.8. The first kappa shape index (κ1) is 22.9. The smallest absolute Gasteiger partial charge is 0.265 e. The van der Waals surface area contributed by atoms with Crippen molar-refractivity contribution in [2.24, 2.45) is 5.73 Å². The molecule has 1 unspecified atom stereocenters. The third-order valence-corrected chi connectivity index (χ3v) is 6.11. The Morgan fingerprint density at radius 2 is 1.88 bits per heavy atom. The molecule has 2 aromatic heterocycles. The first-order valence-corrected chi connectivity index (χ1v) is 11.6. The molecule has 170 valence electrons. The Hall–Kier alpha value is -3.23. The molecule has 4 rings (SSSR count). The number of aromatic nitrogens is 2. The van der Waals surface area contributed by atoms with Gasteiger partial charge >= 0.3 is 0 Å². The molecule has 0 saturated carbocycles. The van der Waals surface area contributed by atoms with E-state index in [0.29, 0.717) is 36.3 Å². The molecule has 7 nitrogen and oxygen atoms in total. The number of halogens is 1. The van der Waals surface area contributed by atoms with E-state index in [0.717, 1.165) is 10.0 Å². The topological polar surface area (TPSA) is 94.4 Å². The van der Waals surface area contributed by atoms with E-state index in [1.165, 1.54) is 6.26 Å². The fourth-order valence-electron chi connectivity index (χ4n) is 3.98. The molecule has 2 N–H and O–H groups in total. The van der Waals surface area contributed by atoms with Gasteiger partial charge in [-0.1, -0.05) is 53.2 Å². The van der Waals surface area contributed by atoms with Gasteiger partial charge in [-0.2, -0.15) is 4.98 Å². The summed E-state index contributed by atoms with van der Waals surface area (Å²) in [7, 11) is 0. The number of furan rings is 1. The molecule has 0 fully saturated rings. The van der Waals surface area contributed by atoms with E-state index in [1.54, 1.807) is 27.7 Å². The van der Waals surface area contributed by atoms with Crippen LogP contribution in [-0.2, 0) is 6.54 Å². The summed E-state index contributed by atoms with van der Waals surface area (Å²) in [6, 6.07) is 18.1. The first-order chi connectivity index (χ1) is 16.0. The Morgan fingerprint density at radius 1 is 1.15 bits per heavy atom. The van der Waals surface area contributed by atoms with Gasteiger partial charge in [-0.3, -0.25) is 14.2 Å². The molecule has 2 aromatic carbocycles. The van der Waals surface area contributed by atoms with Crippen LogP contribution >= 0.6 is 15.9 Å². The Balaban J connectivity index is 1.84. The Labute approximate surface area is 200 Å². The maximum Gasteiger partial charge on any atom is 0.265 e. The summed E-state index contributed by atoms with van der Waals surface area (Å²) in [6.07, 6.45) is 2.01. The monoisotopic (exact) mass is 508 g/mol. The Kier molecular flexibility index (Phi) is 7.05. The molecule has 0 aliphatic carbocycles. The summed E-state index contributed by atoms with van der Waals surface area (Å²) in [6.45, 7) is 2.91. The van der Waals surface area contributed by atoms with Crippen LogP contribution in [0.1, 0.15) is 41.1 Å². The van der Waals surface area contributed by atoms with Crippen molar-refractivity contribution in [3.63, 3.8) is 0 Å². The minimum atomic E-state index is -0.462. The van der Waals surface area contributed by atoms with Crippen LogP contribution in [0, 0.1) is 0 Å². The van der Waals surface area contributed by atoms with Gasteiger partial charge in [-0.05, 0) is 42.3 Å². The van der Waals surface area contributed by atoms with Crippen molar-refractivity contribution < 1.29 is 9.21 Å². The Bertz CT molecular complexity index is 1300. The highest BCUT2D eigenvalue weighted by atomic mass is 79.9. The Morgan fingerprint density at radius 3 is 2.55 bits per heavy atom. The van der Waals surface area contributed by atoms with E-state index in [9.17, 15) is 9.59 Å². The fourth-order valence-corrected chi connectivity index (χ4v) is 4.24. The lowest BCUT2D eigenvalue weighted by Gasteiger charge is -2.32. The molecular weight excluding hydrogens is 484 g/mol. The largest absolute Gasteiger partial charge is 0.446 e. The highest BCUT2D eigenvalue weighted by molar-refractivity contribution is 9.10. The molecule has 0 spiro atoms. The van der Waals surface area contributed by atoms with Gasteiger partial charge in [0, 0.05) is 23.1 Å². The van der Waals surface area contributed by atoms with Gasteiger partial charge in [0.05, 0.1) is 18.8 Å². The molecule has 2 heterocycles. The number of rotatable bonds is 8. The number of nitrogens with zero attached hydrogens (tertiary/aromatic N) is 3. The van der Waals surface area contributed by atoms with Crippen molar-refractivity contribution in [3.8, 4) is 0 Å². The minimum absolute atomic E-state index is 0.167. The van der Waals surface area contributed by atoms with Crippen LogP contribution in [0.5, 0.6) is 0 Å². The summed E-state index contributed by atoms with van der Waals surface area (Å²) in [5, 5.41) is 0.411. The van der Waals surface area contributed by atoms with E-state index in [-0.39, 0.29) is 23.7 Å². The van der Waals surface area contributed by atoms with Gasteiger partial charge in [0.2, 0.25) is 5.71 Å². The molecule has 0 saturated heterocycles. The van der Waals surface area contributed by atoms with Crippen molar-refractivity contribution in [3.05, 3.63) is 98.7 Å². The average molecular weight is 509 g/mol. The normalized spacial score (nSPS) is 12.1. The lowest BCUT2D eigenvalue weighted by Crippen LogP contribution is -2.41. The fraction of sp³-hybridized carbons (Fsp3) is 0.240. The number of amides is 1. The predicted molar refractivity (Wildman–Crippen MR) is 131 cm³/mol. The number of fused-ring (bicyclic) bond motifs is 1. The number of carbonyl (C=O) groups is 1. The van der Waals surface area contributed by atoms with Crippen molar-refractivity contribution >= 4 is 32.9 Å². The van der Waals surface area contributed by atoms with Crippen LogP contribution in [0.2, 0.25) is 0 Å². The molecule has 0 radical (unpaired) electrons. The minimum Gasteiger partial charge on any atom is -0.446 e. The quantitative estimate of drug-likeness (QED) is 0.381. The predicted octanol–water partition coefficient (Wildman–Crippen LogP) is 4.35. The maximum atomic E-state index is 13.5. The molecule has 33 heavy (non-hydrogen) atoms. The van der Waals surface area contributed by atoms with Crippen LogP contribution in [0.25, 0.3) is 11.1 Å². The number of hydrogen-bond acceptors (Lipinski definition) is 5. The third kappa shape index (κ3) is 4.77. The zero-order chi connectivity index (χ0) is 23.4. The second kappa shape index (κ2) is 10.1. The zero-order valence-corrected chi connectivity index (χ0v) is 19.9. The molecular formula is C25H25BrN4O3.